The van der Waals surface area contributed by atoms with Gasteiger partial charge >= 0.3 is 0 Å². The van der Waals surface area contributed by atoms with Crippen LogP contribution in [0.25, 0.3) is 22.6 Å². The van der Waals surface area contributed by atoms with Crippen molar-refractivity contribution in [3.8, 4) is 11.5 Å². The largest absolute Gasteiger partial charge is 0.436 e. The maximum absolute atomic E-state index is 13.9. The lowest BCUT2D eigenvalue weighted by Crippen LogP contribution is -2.16. The number of oxazole rings is 1. The summed E-state index contributed by atoms with van der Waals surface area (Å²) in [6.45, 7) is 1.72. The number of fused-ring (bicyclic) bond motifs is 1. The smallest absolute Gasteiger partial charge is 0.258 e. The molecule has 0 saturated carbocycles. The van der Waals surface area contributed by atoms with E-state index in [2.05, 4.69) is 10.3 Å². The fourth-order valence-electron chi connectivity index (χ4n) is 2.91. The lowest BCUT2D eigenvalue weighted by molar-refractivity contribution is 0.102. The summed E-state index contributed by atoms with van der Waals surface area (Å²) in [5.74, 6) is -5.21. The Kier molecular flexibility index (Phi) is 4.76. The lowest BCUT2D eigenvalue weighted by atomic mass is 10.1. The Morgan fingerprint density at radius 3 is 2.66 bits per heavy atom. The van der Waals surface area contributed by atoms with Gasteiger partial charge in [0.25, 0.3) is 5.91 Å². The third kappa shape index (κ3) is 3.45. The van der Waals surface area contributed by atoms with E-state index in [1.807, 2.05) is 0 Å². The Bertz CT molecular complexity index is 1270. The average molecular weight is 417 g/mol. The first-order valence-electron chi connectivity index (χ1n) is 8.46. The van der Waals surface area contributed by atoms with Crippen LogP contribution in [0.1, 0.15) is 15.9 Å². The molecular formula is C21H12ClF3N2O2. The van der Waals surface area contributed by atoms with Crippen molar-refractivity contribution in [1.29, 1.82) is 0 Å². The van der Waals surface area contributed by atoms with E-state index in [1.165, 1.54) is 0 Å². The quantitative estimate of drug-likeness (QED) is 0.409. The van der Waals surface area contributed by atoms with Crippen LogP contribution in [0.2, 0.25) is 5.02 Å². The number of aromatic nitrogens is 1. The molecule has 0 atom stereocenters. The number of hydrogen-bond donors (Lipinski definition) is 1. The molecule has 0 unspecified atom stereocenters. The maximum atomic E-state index is 13.9. The molecule has 1 N–H and O–H groups in total. The van der Waals surface area contributed by atoms with E-state index in [1.54, 1.807) is 43.3 Å². The summed E-state index contributed by atoms with van der Waals surface area (Å²) in [6, 6.07) is 11.6. The van der Waals surface area contributed by atoms with E-state index >= 15 is 0 Å². The van der Waals surface area contributed by atoms with E-state index in [0.29, 0.717) is 44.9 Å². The highest BCUT2D eigenvalue weighted by Crippen LogP contribution is 2.31. The van der Waals surface area contributed by atoms with Gasteiger partial charge in [0.2, 0.25) is 5.89 Å². The molecule has 4 nitrogen and oxygen atoms in total. The summed E-state index contributed by atoms with van der Waals surface area (Å²) in [5.41, 5.74) is 2.05. The predicted octanol–water partition coefficient (Wildman–Crippen LogP) is 6.13. The van der Waals surface area contributed by atoms with Crippen LogP contribution < -0.4 is 5.32 Å². The lowest BCUT2D eigenvalue weighted by Gasteiger charge is -2.11. The molecule has 0 fully saturated rings. The van der Waals surface area contributed by atoms with Crippen LogP contribution in [0.5, 0.6) is 0 Å². The second kappa shape index (κ2) is 7.25. The van der Waals surface area contributed by atoms with Gasteiger partial charge in [-0.3, -0.25) is 4.79 Å². The van der Waals surface area contributed by atoms with Crippen molar-refractivity contribution in [2.45, 2.75) is 6.92 Å². The molecule has 0 saturated heterocycles. The highest BCUT2D eigenvalue weighted by molar-refractivity contribution is 6.31. The predicted molar refractivity (Wildman–Crippen MR) is 103 cm³/mol. The molecule has 1 heterocycles. The third-order valence-corrected chi connectivity index (χ3v) is 4.68. The van der Waals surface area contributed by atoms with Gasteiger partial charge in [-0.05, 0) is 55.0 Å². The minimum Gasteiger partial charge on any atom is -0.436 e. The number of anilines is 1. The number of amides is 1. The summed E-state index contributed by atoms with van der Waals surface area (Å²) >= 11 is 5.97. The molecular weight excluding hydrogens is 405 g/mol. The molecule has 0 spiro atoms. The second-order valence-corrected chi connectivity index (χ2v) is 6.72. The Morgan fingerprint density at radius 2 is 1.86 bits per heavy atom. The summed E-state index contributed by atoms with van der Waals surface area (Å²) in [5, 5.41) is 3.03. The zero-order valence-electron chi connectivity index (χ0n) is 14.9. The topological polar surface area (TPSA) is 55.1 Å². The van der Waals surface area contributed by atoms with Gasteiger partial charge in [-0.25, -0.2) is 18.2 Å². The number of nitrogens with zero attached hydrogens (tertiary/aromatic N) is 1. The van der Waals surface area contributed by atoms with Crippen LogP contribution in [0.3, 0.4) is 0 Å². The average Bonchev–Trinajstić information content (AvgIpc) is 3.10. The van der Waals surface area contributed by atoms with Crippen molar-refractivity contribution in [3.05, 3.63) is 82.1 Å². The van der Waals surface area contributed by atoms with Crippen molar-refractivity contribution in [1.82, 2.24) is 4.98 Å². The van der Waals surface area contributed by atoms with E-state index in [9.17, 15) is 18.0 Å². The minimum atomic E-state index is -1.70. The van der Waals surface area contributed by atoms with Crippen LogP contribution in [-0.4, -0.2) is 10.9 Å². The van der Waals surface area contributed by atoms with E-state index in [4.69, 9.17) is 16.0 Å². The molecule has 0 bridgehead atoms. The first-order chi connectivity index (χ1) is 13.8. The SMILES string of the molecule is Cc1c(NC(=O)c2ccc(F)c(F)c2F)cccc1-c1nc2cc(Cl)ccc2o1. The fraction of sp³-hybridized carbons (Fsp3) is 0.0476. The highest BCUT2D eigenvalue weighted by atomic mass is 35.5. The highest BCUT2D eigenvalue weighted by Gasteiger charge is 2.20. The van der Waals surface area contributed by atoms with Crippen molar-refractivity contribution >= 4 is 34.3 Å². The fourth-order valence-corrected chi connectivity index (χ4v) is 3.08. The first-order valence-corrected chi connectivity index (χ1v) is 8.84. The number of benzene rings is 3. The molecule has 3 aromatic carbocycles. The van der Waals surface area contributed by atoms with Crippen LogP contribution in [-0.2, 0) is 0 Å². The van der Waals surface area contributed by atoms with Crippen molar-refractivity contribution in [3.63, 3.8) is 0 Å². The van der Waals surface area contributed by atoms with Crippen LogP contribution in [0.15, 0.2) is 52.9 Å². The first kappa shape index (κ1) is 19.0. The summed E-state index contributed by atoms with van der Waals surface area (Å²) in [6.07, 6.45) is 0. The monoisotopic (exact) mass is 416 g/mol. The molecule has 0 radical (unpaired) electrons. The van der Waals surface area contributed by atoms with E-state index in [0.717, 1.165) is 6.07 Å². The summed E-state index contributed by atoms with van der Waals surface area (Å²) < 4.78 is 46.2. The number of halogens is 4. The Balaban J connectivity index is 1.69. The molecule has 146 valence electrons. The van der Waals surface area contributed by atoms with Gasteiger partial charge in [-0.15, -0.1) is 0 Å². The molecule has 29 heavy (non-hydrogen) atoms. The molecule has 0 aliphatic heterocycles. The van der Waals surface area contributed by atoms with E-state index < -0.39 is 28.9 Å². The van der Waals surface area contributed by atoms with Gasteiger partial charge in [0.1, 0.15) is 5.52 Å². The molecule has 1 aromatic heterocycles. The number of carbonyl (C=O) groups excluding carboxylic acids is 1. The van der Waals surface area contributed by atoms with Gasteiger partial charge in [0.05, 0.1) is 5.56 Å². The molecule has 4 aromatic rings. The van der Waals surface area contributed by atoms with Gasteiger partial charge in [0.15, 0.2) is 23.0 Å². The van der Waals surface area contributed by atoms with Crippen molar-refractivity contribution in [2.75, 3.05) is 5.32 Å². The second-order valence-electron chi connectivity index (χ2n) is 6.29. The Hall–Kier alpha value is -3.32. The van der Waals surface area contributed by atoms with Crippen LogP contribution in [0.4, 0.5) is 18.9 Å². The molecule has 1 amide bonds. The van der Waals surface area contributed by atoms with Gasteiger partial charge in [-0.2, -0.15) is 0 Å². The number of hydrogen-bond acceptors (Lipinski definition) is 3. The molecule has 0 aliphatic carbocycles. The van der Waals surface area contributed by atoms with Crippen molar-refractivity contribution in [2.24, 2.45) is 0 Å². The zero-order chi connectivity index (χ0) is 20.7. The zero-order valence-corrected chi connectivity index (χ0v) is 15.7. The minimum absolute atomic E-state index is 0.315. The standard InChI is InChI=1S/C21H12ClF3N2O2/c1-10-12(21-27-16-9-11(22)5-8-17(16)29-21)3-2-4-15(10)26-20(28)13-6-7-14(23)19(25)18(13)24/h2-9H,1H3,(H,26,28). The number of nitrogens with one attached hydrogen (secondary N) is 1. The normalized spacial score (nSPS) is 11.1. The van der Waals surface area contributed by atoms with Crippen LogP contribution >= 0.6 is 11.6 Å². The molecule has 0 aliphatic rings. The van der Waals surface area contributed by atoms with Gasteiger partial charge < -0.3 is 9.73 Å². The third-order valence-electron chi connectivity index (χ3n) is 4.44. The maximum Gasteiger partial charge on any atom is 0.258 e. The summed E-state index contributed by atoms with van der Waals surface area (Å²) in [7, 11) is 0. The Morgan fingerprint density at radius 1 is 1.07 bits per heavy atom. The Labute approximate surface area is 167 Å². The van der Waals surface area contributed by atoms with E-state index in [-0.39, 0.29) is 0 Å². The van der Waals surface area contributed by atoms with Crippen molar-refractivity contribution < 1.29 is 22.4 Å². The van der Waals surface area contributed by atoms with Gasteiger partial charge in [0, 0.05) is 16.3 Å². The molecule has 4 rings (SSSR count). The number of carbonyl (C=O) groups is 1. The van der Waals surface area contributed by atoms with Crippen LogP contribution in [0, 0.1) is 24.4 Å². The number of rotatable bonds is 3. The molecule has 8 heteroatoms. The van der Waals surface area contributed by atoms with Gasteiger partial charge in [-0.1, -0.05) is 17.7 Å². The summed E-state index contributed by atoms with van der Waals surface area (Å²) in [4.78, 5) is 16.8.